The average Bonchev–Trinajstić information content (AvgIpc) is 2.42. The van der Waals surface area contributed by atoms with Crippen LogP contribution in [0.4, 0.5) is 0 Å². The van der Waals surface area contributed by atoms with Gasteiger partial charge in [0.15, 0.2) is 0 Å². The molecule has 1 aromatic carbocycles. The molecule has 3 heteroatoms. The van der Waals surface area contributed by atoms with Crippen molar-refractivity contribution in [2.45, 2.75) is 20.3 Å². The molecule has 0 fully saturated rings. The highest BCUT2D eigenvalue weighted by Crippen LogP contribution is 2.17. The largest absolute Gasteiger partial charge is 0.491 e. The summed E-state index contributed by atoms with van der Waals surface area (Å²) in [5.41, 5.74) is 1.00. The van der Waals surface area contributed by atoms with Crippen LogP contribution in [0.15, 0.2) is 36.5 Å². The lowest BCUT2D eigenvalue weighted by Crippen LogP contribution is -2.23. The molecule has 2 rings (SSSR count). The number of hydrogen-bond acceptors (Lipinski definition) is 3. The van der Waals surface area contributed by atoms with Gasteiger partial charge >= 0.3 is 0 Å². The number of para-hydroxylation sites is 1. The van der Waals surface area contributed by atoms with Gasteiger partial charge in [-0.25, -0.2) is 0 Å². The van der Waals surface area contributed by atoms with Crippen LogP contribution in [-0.4, -0.2) is 24.7 Å². The molecular weight excluding hydrogens is 236 g/mol. The normalized spacial score (nSPS) is 11.1. The molecule has 3 nitrogen and oxygen atoms in total. The predicted molar refractivity (Wildman–Crippen MR) is 79.6 cm³/mol. The maximum absolute atomic E-state index is 5.70. The minimum absolute atomic E-state index is 0.679. The van der Waals surface area contributed by atoms with Crippen molar-refractivity contribution in [2.24, 2.45) is 5.92 Å². The zero-order chi connectivity index (χ0) is 13.5. The number of nitrogens with zero attached hydrogens (tertiary/aromatic N) is 1. The van der Waals surface area contributed by atoms with E-state index < -0.39 is 0 Å². The monoisotopic (exact) mass is 258 g/mol. The molecule has 2 aromatic rings. The quantitative estimate of drug-likeness (QED) is 0.774. The van der Waals surface area contributed by atoms with Gasteiger partial charge in [0, 0.05) is 11.9 Å². The zero-order valence-corrected chi connectivity index (χ0v) is 11.7. The third kappa shape index (κ3) is 4.52. The van der Waals surface area contributed by atoms with Crippen molar-refractivity contribution in [3.05, 3.63) is 36.5 Å². The number of hydrogen-bond donors (Lipinski definition) is 1. The Balaban J connectivity index is 1.75. The van der Waals surface area contributed by atoms with E-state index in [0.29, 0.717) is 6.61 Å². The molecule has 19 heavy (non-hydrogen) atoms. The van der Waals surface area contributed by atoms with Crippen molar-refractivity contribution in [1.29, 1.82) is 0 Å². The number of ether oxygens (including phenoxy) is 1. The zero-order valence-electron chi connectivity index (χ0n) is 11.7. The van der Waals surface area contributed by atoms with Gasteiger partial charge < -0.3 is 10.1 Å². The summed E-state index contributed by atoms with van der Waals surface area (Å²) in [6.07, 6.45) is 2.99. The highest BCUT2D eigenvalue weighted by molar-refractivity contribution is 5.79. The fraction of sp³-hybridized carbons (Fsp3) is 0.438. The van der Waals surface area contributed by atoms with Crippen molar-refractivity contribution < 1.29 is 4.74 Å². The Hall–Kier alpha value is -1.61. The van der Waals surface area contributed by atoms with Crippen LogP contribution in [0, 0.1) is 5.92 Å². The summed E-state index contributed by atoms with van der Waals surface area (Å²) in [5.74, 6) is 1.59. The standard InChI is InChI=1S/C16H22N2O/c1-13(2)7-8-17-9-10-19-15-11-14-5-3-4-6-16(14)18-12-15/h3-6,11-13,17H,7-10H2,1-2H3. The molecular formula is C16H22N2O. The molecule has 0 radical (unpaired) electrons. The topological polar surface area (TPSA) is 34.1 Å². The third-order valence-electron chi connectivity index (χ3n) is 3.01. The van der Waals surface area contributed by atoms with E-state index in [1.165, 1.54) is 6.42 Å². The average molecular weight is 258 g/mol. The molecule has 0 saturated carbocycles. The van der Waals surface area contributed by atoms with Crippen LogP contribution in [0.3, 0.4) is 0 Å². The van der Waals surface area contributed by atoms with Crippen molar-refractivity contribution in [2.75, 3.05) is 19.7 Å². The van der Waals surface area contributed by atoms with Crippen molar-refractivity contribution in [3.63, 3.8) is 0 Å². The second-order valence-electron chi connectivity index (χ2n) is 5.14. The third-order valence-corrected chi connectivity index (χ3v) is 3.01. The molecule has 1 N–H and O–H groups in total. The van der Waals surface area contributed by atoms with Crippen LogP contribution < -0.4 is 10.1 Å². The molecule has 1 aromatic heterocycles. The van der Waals surface area contributed by atoms with Crippen LogP contribution in [0.2, 0.25) is 0 Å². The molecule has 0 aliphatic carbocycles. The Morgan fingerprint density at radius 3 is 2.89 bits per heavy atom. The molecule has 0 aliphatic rings. The first-order chi connectivity index (χ1) is 9.25. The van der Waals surface area contributed by atoms with Crippen LogP contribution in [-0.2, 0) is 0 Å². The van der Waals surface area contributed by atoms with Crippen LogP contribution >= 0.6 is 0 Å². The van der Waals surface area contributed by atoms with Gasteiger partial charge in [-0.05, 0) is 31.0 Å². The fourth-order valence-corrected chi connectivity index (χ4v) is 1.89. The van der Waals surface area contributed by atoms with Crippen LogP contribution in [0.25, 0.3) is 10.9 Å². The first-order valence-corrected chi connectivity index (χ1v) is 6.94. The lowest BCUT2D eigenvalue weighted by Gasteiger charge is -2.09. The second-order valence-corrected chi connectivity index (χ2v) is 5.14. The van der Waals surface area contributed by atoms with E-state index in [0.717, 1.165) is 35.7 Å². The highest BCUT2D eigenvalue weighted by atomic mass is 16.5. The molecule has 102 valence electrons. The summed E-state index contributed by atoms with van der Waals surface area (Å²) in [7, 11) is 0. The first-order valence-electron chi connectivity index (χ1n) is 6.94. The summed E-state index contributed by atoms with van der Waals surface area (Å²) in [6, 6.07) is 10.1. The molecule has 0 unspecified atom stereocenters. The number of benzene rings is 1. The van der Waals surface area contributed by atoms with Crippen LogP contribution in [0.5, 0.6) is 5.75 Å². The lowest BCUT2D eigenvalue weighted by atomic mass is 10.1. The van der Waals surface area contributed by atoms with Crippen molar-refractivity contribution in [3.8, 4) is 5.75 Å². The number of fused-ring (bicyclic) bond motifs is 1. The van der Waals surface area contributed by atoms with Crippen molar-refractivity contribution >= 4 is 10.9 Å². The molecule has 0 amide bonds. The highest BCUT2D eigenvalue weighted by Gasteiger charge is 1.98. The summed E-state index contributed by atoms with van der Waals surface area (Å²) in [5, 5.41) is 4.50. The predicted octanol–water partition coefficient (Wildman–Crippen LogP) is 3.25. The van der Waals surface area contributed by atoms with Gasteiger partial charge in [0.25, 0.3) is 0 Å². The van der Waals surface area contributed by atoms with E-state index in [1.54, 1.807) is 6.20 Å². The number of aromatic nitrogens is 1. The minimum Gasteiger partial charge on any atom is -0.491 e. The molecule has 1 heterocycles. The van der Waals surface area contributed by atoms with E-state index in [4.69, 9.17) is 4.74 Å². The summed E-state index contributed by atoms with van der Waals surface area (Å²) >= 11 is 0. The molecule has 0 atom stereocenters. The Morgan fingerprint density at radius 2 is 2.05 bits per heavy atom. The molecule has 0 bridgehead atoms. The minimum atomic E-state index is 0.679. The van der Waals surface area contributed by atoms with E-state index in [1.807, 2.05) is 24.3 Å². The maximum atomic E-state index is 5.70. The number of pyridine rings is 1. The van der Waals surface area contributed by atoms with E-state index >= 15 is 0 Å². The van der Waals surface area contributed by atoms with E-state index in [2.05, 4.69) is 30.2 Å². The van der Waals surface area contributed by atoms with Gasteiger partial charge in [-0.1, -0.05) is 32.0 Å². The smallest absolute Gasteiger partial charge is 0.138 e. The Kier molecular flexibility index (Phi) is 5.16. The lowest BCUT2D eigenvalue weighted by molar-refractivity contribution is 0.312. The Bertz CT molecular complexity index is 511. The van der Waals surface area contributed by atoms with E-state index in [-0.39, 0.29) is 0 Å². The Morgan fingerprint density at radius 1 is 1.21 bits per heavy atom. The maximum Gasteiger partial charge on any atom is 0.138 e. The number of rotatable bonds is 7. The molecule has 0 spiro atoms. The van der Waals surface area contributed by atoms with Gasteiger partial charge in [0.1, 0.15) is 12.4 Å². The second kappa shape index (κ2) is 7.10. The van der Waals surface area contributed by atoms with Gasteiger partial charge in [-0.15, -0.1) is 0 Å². The molecule has 0 saturated heterocycles. The SMILES string of the molecule is CC(C)CCNCCOc1cnc2ccccc2c1. The van der Waals surface area contributed by atoms with E-state index in [9.17, 15) is 0 Å². The molecule has 0 aliphatic heterocycles. The summed E-state index contributed by atoms with van der Waals surface area (Å²) in [4.78, 5) is 4.37. The van der Waals surface area contributed by atoms with Gasteiger partial charge in [0.2, 0.25) is 0 Å². The summed E-state index contributed by atoms with van der Waals surface area (Å²) in [6.45, 7) is 7.08. The van der Waals surface area contributed by atoms with Crippen LogP contribution in [0.1, 0.15) is 20.3 Å². The first kappa shape index (κ1) is 13.8. The summed E-state index contributed by atoms with van der Waals surface area (Å²) < 4.78 is 5.70. The van der Waals surface area contributed by atoms with Gasteiger partial charge in [0.05, 0.1) is 11.7 Å². The number of nitrogens with one attached hydrogen (secondary N) is 1. The van der Waals surface area contributed by atoms with Crippen molar-refractivity contribution in [1.82, 2.24) is 10.3 Å². The Labute approximate surface area is 115 Å². The fourth-order valence-electron chi connectivity index (χ4n) is 1.89. The van der Waals surface area contributed by atoms with Gasteiger partial charge in [-0.2, -0.15) is 0 Å². The van der Waals surface area contributed by atoms with Gasteiger partial charge in [-0.3, -0.25) is 4.98 Å².